The normalized spacial score (nSPS) is 20.1. The Hall–Kier alpha value is -2.10. The molecule has 1 aliphatic carbocycles. The molecule has 3 rings (SSSR count). The Balaban J connectivity index is 1.81. The third-order valence-electron chi connectivity index (χ3n) is 5.75. The highest BCUT2D eigenvalue weighted by Crippen LogP contribution is 2.39. The monoisotopic (exact) mass is 390 g/mol. The van der Waals surface area contributed by atoms with Crippen LogP contribution in [0, 0.1) is 36.1 Å². The summed E-state index contributed by atoms with van der Waals surface area (Å²) in [4.78, 5) is 0. The summed E-state index contributed by atoms with van der Waals surface area (Å²) in [6, 6.07) is 5.56. The second-order valence-electron chi connectivity index (χ2n) is 7.72. The molecule has 2 aromatic rings. The van der Waals surface area contributed by atoms with Gasteiger partial charge in [-0.1, -0.05) is 49.8 Å². The summed E-state index contributed by atoms with van der Waals surface area (Å²) in [6.07, 6.45) is 10.1. The first kappa shape index (κ1) is 20.6. The van der Waals surface area contributed by atoms with Crippen LogP contribution in [0.2, 0.25) is 0 Å². The molecule has 0 saturated heterocycles. The Morgan fingerprint density at radius 3 is 2.07 bits per heavy atom. The van der Waals surface area contributed by atoms with Gasteiger partial charge in [0.1, 0.15) is 0 Å². The summed E-state index contributed by atoms with van der Waals surface area (Å²) < 4.78 is 57.6. The van der Waals surface area contributed by atoms with Crippen LogP contribution < -0.4 is 0 Å². The van der Waals surface area contributed by atoms with Crippen molar-refractivity contribution in [1.29, 1.82) is 0 Å². The predicted molar refractivity (Wildman–Crippen MR) is 105 cm³/mol. The third-order valence-corrected chi connectivity index (χ3v) is 5.75. The highest BCUT2D eigenvalue weighted by molar-refractivity contribution is 5.66. The summed E-state index contributed by atoms with van der Waals surface area (Å²) in [6.45, 7) is 3.56. The average Bonchev–Trinajstić information content (AvgIpc) is 2.70. The van der Waals surface area contributed by atoms with Crippen LogP contribution in [-0.4, -0.2) is 0 Å². The SMILES string of the molecule is CCCC=CC1CCC(c2ccc(-c3ccc(C)c(F)c3F)c(F)c2F)CC1. The summed E-state index contributed by atoms with van der Waals surface area (Å²) in [5.74, 6) is -3.77. The fourth-order valence-electron chi connectivity index (χ4n) is 4.02. The molecule has 0 aliphatic heterocycles. The minimum atomic E-state index is -1.15. The van der Waals surface area contributed by atoms with E-state index >= 15 is 0 Å². The van der Waals surface area contributed by atoms with Crippen molar-refractivity contribution in [2.75, 3.05) is 0 Å². The third kappa shape index (κ3) is 4.16. The minimum absolute atomic E-state index is 0.0426. The molecule has 0 atom stereocenters. The van der Waals surface area contributed by atoms with Gasteiger partial charge in [0.15, 0.2) is 23.3 Å². The zero-order chi connectivity index (χ0) is 20.3. The standard InChI is InChI=1S/C24H26F4/c1-3-4-5-6-16-8-10-17(11-9-16)18-13-14-20(24(28)22(18)26)19-12-7-15(2)21(25)23(19)27/h5-7,12-14,16-17H,3-4,8-11H2,1-2H3. The van der Waals surface area contributed by atoms with Crippen LogP contribution in [0.3, 0.4) is 0 Å². The van der Waals surface area contributed by atoms with Gasteiger partial charge in [-0.25, -0.2) is 17.6 Å². The fraction of sp³-hybridized carbons (Fsp3) is 0.417. The molecule has 1 saturated carbocycles. The van der Waals surface area contributed by atoms with Crippen molar-refractivity contribution in [1.82, 2.24) is 0 Å². The smallest absolute Gasteiger partial charge is 0.167 e. The van der Waals surface area contributed by atoms with Crippen LogP contribution in [0.1, 0.15) is 62.5 Å². The number of benzene rings is 2. The summed E-state index contributed by atoms with van der Waals surface area (Å²) in [7, 11) is 0. The van der Waals surface area contributed by atoms with Gasteiger partial charge >= 0.3 is 0 Å². The second kappa shape index (κ2) is 8.93. The molecule has 150 valence electrons. The van der Waals surface area contributed by atoms with Crippen molar-refractivity contribution in [3.63, 3.8) is 0 Å². The molecule has 1 fully saturated rings. The number of rotatable bonds is 5. The molecular formula is C24H26F4. The van der Waals surface area contributed by atoms with E-state index in [-0.39, 0.29) is 22.6 Å². The molecule has 0 radical (unpaired) electrons. The maximum absolute atomic E-state index is 14.8. The zero-order valence-corrected chi connectivity index (χ0v) is 16.4. The lowest BCUT2D eigenvalue weighted by molar-refractivity contribution is 0.363. The summed E-state index contributed by atoms with van der Waals surface area (Å²) in [5.41, 5.74) is -0.0293. The molecule has 0 N–H and O–H groups in total. The molecule has 0 amide bonds. The van der Waals surface area contributed by atoms with Gasteiger partial charge in [0.05, 0.1) is 0 Å². The van der Waals surface area contributed by atoms with Crippen LogP contribution in [0.15, 0.2) is 36.4 Å². The molecule has 2 aromatic carbocycles. The highest BCUT2D eigenvalue weighted by Gasteiger charge is 2.26. The molecule has 0 nitrogen and oxygen atoms in total. The van der Waals surface area contributed by atoms with Crippen molar-refractivity contribution in [2.24, 2.45) is 5.92 Å². The molecular weight excluding hydrogens is 364 g/mol. The predicted octanol–water partition coefficient (Wildman–Crippen LogP) is 7.85. The van der Waals surface area contributed by atoms with Gasteiger partial charge in [-0.2, -0.15) is 0 Å². The number of halogens is 4. The van der Waals surface area contributed by atoms with E-state index in [1.54, 1.807) is 0 Å². The van der Waals surface area contributed by atoms with E-state index in [2.05, 4.69) is 19.1 Å². The van der Waals surface area contributed by atoms with Crippen molar-refractivity contribution in [3.05, 3.63) is 70.8 Å². The van der Waals surface area contributed by atoms with Crippen LogP contribution in [0.25, 0.3) is 11.1 Å². The molecule has 0 bridgehead atoms. The first-order chi connectivity index (χ1) is 13.4. The Kier molecular flexibility index (Phi) is 6.58. The van der Waals surface area contributed by atoms with Gasteiger partial charge in [0.25, 0.3) is 0 Å². The van der Waals surface area contributed by atoms with Gasteiger partial charge in [-0.15, -0.1) is 0 Å². The van der Waals surface area contributed by atoms with Crippen molar-refractivity contribution in [2.45, 2.75) is 58.3 Å². The molecule has 1 aliphatic rings. The van der Waals surface area contributed by atoms with Crippen molar-refractivity contribution >= 4 is 0 Å². The van der Waals surface area contributed by atoms with Gasteiger partial charge < -0.3 is 0 Å². The highest BCUT2D eigenvalue weighted by atomic mass is 19.2. The Labute approximate surface area is 164 Å². The zero-order valence-electron chi connectivity index (χ0n) is 16.4. The second-order valence-corrected chi connectivity index (χ2v) is 7.72. The minimum Gasteiger partial charge on any atom is -0.203 e. The quantitative estimate of drug-likeness (QED) is 0.360. The molecule has 4 heteroatoms. The maximum Gasteiger partial charge on any atom is 0.167 e. The van der Waals surface area contributed by atoms with E-state index in [4.69, 9.17) is 0 Å². The van der Waals surface area contributed by atoms with Gasteiger partial charge in [-0.05, 0) is 62.0 Å². The van der Waals surface area contributed by atoms with Crippen molar-refractivity contribution in [3.8, 4) is 11.1 Å². The topological polar surface area (TPSA) is 0 Å². The van der Waals surface area contributed by atoms with Gasteiger partial charge in [0, 0.05) is 11.1 Å². The van der Waals surface area contributed by atoms with E-state index in [1.165, 1.54) is 31.2 Å². The van der Waals surface area contributed by atoms with Gasteiger partial charge in [-0.3, -0.25) is 0 Å². The Morgan fingerprint density at radius 2 is 1.43 bits per heavy atom. The lowest BCUT2D eigenvalue weighted by Crippen LogP contribution is -2.14. The number of hydrogen-bond donors (Lipinski definition) is 0. The number of unbranched alkanes of at least 4 members (excludes halogenated alkanes) is 1. The Morgan fingerprint density at radius 1 is 0.821 bits per heavy atom. The molecule has 0 unspecified atom stereocenters. The first-order valence-electron chi connectivity index (χ1n) is 10.0. The average molecular weight is 390 g/mol. The molecule has 0 heterocycles. The fourth-order valence-corrected chi connectivity index (χ4v) is 4.02. The number of allylic oxidation sites excluding steroid dienone is 2. The van der Waals surface area contributed by atoms with E-state index in [0.717, 1.165) is 38.5 Å². The van der Waals surface area contributed by atoms with E-state index in [1.807, 2.05) is 0 Å². The van der Waals surface area contributed by atoms with Crippen LogP contribution in [0.5, 0.6) is 0 Å². The molecule has 0 spiro atoms. The lowest BCUT2D eigenvalue weighted by Gasteiger charge is -2.27. The lowest BCUT2D eigenvalue weighted by atomic mass is 9.78. The van der Waals surface area contributed by atoms with Crippen molar-refractivity contribution < 1.29 is 17.6 Å². The summed E-state index contributed by atoms with van der Waals surface area (Å²) in [5, 5.41) is 0. The maximum atomic E-state index is 14.8. The molecule has 0 aromatic heterocycles. The Bertz CT molecular complexity index is 861. The molecule has 28 heavy (non-hydrogen) atoms. The number of hydrogen-bond acceptors (Lipinski definition) is 0. The van der Waals surface area contributed by atoms with E-state index < -0.39 is 23.3 Å². The van der Waals surface area contributed by atoms with Crippen LogP contribution in [-0.2, 0) is 0 Å². The number of aryl methyl sites for hydroxylation is 1. The largest absolute Gasteiger partial charge is 0.203 e. The summed E-state index contributed by atoms with van der Waals surface area (Å²) >= 11 is 0. The van der Waals surface area contributed by atoms with E-state index in [0.29, 0.717) is 11.5 Å². The van der Waals surface area contributed by atoms with Gasteiger partial charge in [0.2, 0.25) is 0 Å². The van der Waals surface area contributed by atoms with Crippen LogP contribution >= 0.6 is 0 Å². The first-order valence-corrected chi connectivity index (χ1v) is 10.0. The van der Waals surface area contributed by atoms with Crippen LogP contribution in [0.4, 0.5) is 17.6 Å². The van der Waals surface area contributed by atoms with E-state index in [9.17, 15) is 17.6 Å².